The molecule has 10 heteroatoms. The lowest BCUT2D eigenvalue weighted by Gasteiger charge is -2.36. The van der Waals surface area contributed by atoms with Crippen LogP contribution in [-0.4, -0.2) is 54.2 Å². The second-order valence-electron chi connectivity index (χ2n) is 7.10. The van der Waals surface area contributed by atoms with Crippen LogP contribution >= 0.6 is 12.2 Å². The van der Waals surface area contributed by atoms with E-state index in [4.69, 9.17) is 12.2 Å². The molecule has 6 nitrogen and oxygen atoms in total. The number of anilines is 2. The van der Waals surface area contributed by atoms with E-state index >= 15 is 0 Å². The molecule has 1 heterocycles. The second-order valence-corrected chi connectivity index (χ2v) is 7.51. The van der Waals surface area contributed by atoms with Gasteiger partial charge in [0, 0.05) is 43.1 Å². The van der Waals surface area contributed by atoms with E-state index in [-0.39, 0.29) is 24.1 Å². The van der Waals surface area contributed by atoms with E-state index < -0.39 is 12.1 Å². The highest BCUT2D eigenvalue weighted by atomic mass is 32.1. The summed E-state index contributed by atoms with van der Waals surface area (Å²) >= 11 is 5.19. The molecule has 0 spiro atoms. The summed E-state index contributed by atoms with van der Waals surface area (Å²) in [6, 6.07) is 14.3. The number of carbonyl (C=O) groups is 2. The van der Waals surface area contributed by atoms with Gasteiger partial charge in [0.2, 0.25) is 0 Å². The number of amides is 2. The van der Waals surface area contributed by atoms with Gasteiger partial charge in [0.25, 0.3) is 5.91 Å². The summed E-state index contributed by atoms with van der Waals surface area (Å²) in [4.78, 5) is 26.3. The number of piperazine rings is 1. The van der Waals surface area contributed by atoms with E-state index in [0.29, 0.717) is 24.3 Å². The van der Waals surface area contributed by atoms with Crippen molar-refractivity contribution in [2.24, 2.45) is 0 Å². The van der Waals surface area contributed by atoms with Gasteiger partial charge in [-0.05, 0) is 55.5 Å². The molecule has 3 rings (SSSR count). The standard InChI is InChI=1S/C21H21F3N4O2S/c1-14-3-2-4-15(13-14)18(29)26-20(31)25-16-5-7-17(8-6-16)27-9-11-28(12-10-27)19(30)21(22,23)24/h2-8,13H,9-12H2,1H3,(H2,25,26,29,31). The molecule has 0 unspecified atom stereocenters. The third kappa shape index (κ3) is 5.94. The summed E-state index contributed by atoms with van der Waals surface area (Å²) in [7, 11) is 0. The highest BCUT2D eigenvalue weighted by Gasteiger charge is 2.43. The van der Waals surface area contributed by atoms with Crippen molar-refractivity contribution in [2.75, 3.05) is 36.4 Å². The summed E-state index contributed by atoms with van der Waals surface area (Å²) in [5, 5.41) is 5.70. The number of hydrogen-bond acceptors (Lipinski definition) is 4. The van der Waals surface area contributed by atoms with Gasteiger partial charge in [-0.1, -0.05) is 17.7 Å². The number of carbonyl (C=O) groups excluding carboxylic acids is 2. The summed E-state index contributed by atoms with van der Waals surface area (Å²) in [5.41, 5.74) is 2.94. The number of aryl methyl sites for hydroxylation is 1. The first-order chi connectivity index (χ1) is 14.6. The summed E-state index contributed by atoms with van der Waals surface area (Å²) in [6.45, 7) is 2.52. The molecule has 31 heavy (non-hydrogen) atoms. The fraction of sp³-hybridized carbons (Fsp3) is 0.286. The number of halogens is 3. The van der Waals surface area contributed by atoms with Crippen molar-refractivity contribution < 1.29 is 22.8 Å². The predicted molar refractivity (Wildman–Crippen MR) is 116 cm³/mol. The normalized spacial score (nSPS) is 14.2. The first kappa shape index (κ1) is 22.5. The van der Waals surface area contributed by atoms with Crippen LogP contribution in [0.1, 0.15) is 15.9 Å². The van der Waals surface area contributed by atoms with Crippen LogP contribution in [0.4, 0.5) is 24.5 Å². The van der Waals surface area contributed by atoms with Crippen molar-refractivity contribution in [3.8, 4) is 0 Å². The quantitative estimate of drug-likeness (QED) is 0.703. The smallest absolute Gasteiger partial charge is 0.368 e. The van der Waals surface area contributed by atoms with Crippen LogP contribution < -0.4 is 15.5 Å². The second kappa shape index (κ2) is 9.34. The number of nitrogens with zero attached hydrogens (tertiary/aromatic N) is 2. The Morgan fingerprint density at radius 3 is 2.23 bits per heavy atom. The third-order valence-corrected chi connectivity index (χ3v) is 5.01. The van der Waals surface area contributed by atoms with Crippen molar-refractivity contribution in [3.05, 3.63) is 59.7 Å². The van der Waals surface area contributed by atoms with Crippen LogP contribution in [0.5, 0.6) is 0 Å². The first-order valence-corrected chi connectivity index (χ1v) is 9.94. The monoisotopic (exact) mass is 450 g/mol. The Hall–Kier alpha value is -3.14. The van der Waals surface area contributed by atoms with E-state index in [2.05, 4.69) is 10.6 Å². The summed E-state index contributed by atoms with van der Waals surface area (Å²) in [6.07, 6.45) is -4.84. The predicted octanol–water partition coefficient (Wildman–Crippen LogP) is 3.33. The highest BCUT2D eigenvalue weighted by Crippen LogP contribution is 2.23. The zero-order chi connectivity index (χ0) is 22.6. The van der Waals surface area contributed by atoms with Crippen LogP contribution in [0, 0.1) is 6.92 Å². The number of alkyl halides is 3. The van der Waals surface area contributed by atoms with E-state index in [1.807, 2.05) is 17.9 Å². The minimum Gasteiger partial charge on any atom is -0.368 e. The molecule has 2 amide bonds. The van der Waals surface area contributed by atoms with Gasteiger partial charge in [-0.25, -0.2) is 0 Å². The third-order valence-electron chi connectivity index (χ3n) is 4.81. The lowest BCUT2D eigenvalue weighted by atomic mass is 10.1. The SMILES string of the molecule is Cc1cccc(C(=O)NC(=S)Nc2ccc(N3CCN(C(=O)C(F)(F)F)CC3)cc2)c1. The average molecular weight is 450 g/mol. The Kier molecular flexibility index (Phi) is 6.79. The van der Waals surface area contributed by atoms with Crippen LogP contribution in [0.3, 0.4) is 0 Å². The summed E-state index contributed by atoms with van der Waals surface area (Å²) in [5.74, 6) is -2.11. The molecule has 0 aliphatic carbocycles. The molecular weight excluding hydrogens is 429 g/mol. The zero-order valence-electron chi connectivity index (χ0n) is 16.7. The van der Waals surface area contributed by atoms with Crippen molar-refractivity contribution in [1.29, 1.82) is 0 Å². The minimum atomic E-state index is -4.84. The summed E-state index contributed by atoms with van der Waals surface area (Å²) < 4.78 is 37.6. The molecule has 0 radical (unpaired) electrons. The molecule has 2 aromatic rings. The molecule has 1 fully saturated rings. The minimum absolute atomic E-state index is 0.00736. The molecule has 0 saturated carbocycles. The molecule has 0 aromatic heterocycles. The molecule has 2 N–H and O–H groups in total. The zero-order valence-corrected chi connectivity index (χ0v) is 17.5. The van der Waals surface area contributed by atoms with E-state index in [1.165, 1.54) is 0 Å². The number of hydrogen-bond donors (Lipinski definition) is 2. The van der Waals surface area contributed by atoms with Crippen LogP contribution in [-0.2, 0) is 4.79 Å². The van der Waals surface area contributed by atoms with Gasteiger partial charge in [-0.15, -0.1) is 0 Å². The van der Waals surface area contributed by atoms with Crippen molar-refractivity contribution in [1.82, 2.24) is 10.2 Å². The first-order valence-electron chi connectivity index (χ1n) is 9.53. The van der Waals surface area contributed by atoms with E-state index in [0.717, 1.165) is 16.2 Å². The van der Waals surface area contributed by atoms with Crippen LogP contribution in [0.25, 0.3) is 0 Å². The lowest BCUT2D eigenvalue weighted by molar-refractivity contribution is -0.185. The van der Waals surface area contributed by atoms with Gasteiger partial charge in [-0.3, -0.25) is 14.9 Å². The van der Waals surface area contributed by atoms with Gasteiger partial charge < -0.3 is 15.1 Å². The van der Waals surface area contributed by atoms with Crippen molar-refractivity contribution in [3.63, 3.8) is 0 Å². The Bertz CT molecular complexity index is 971. The number of nitrogens with one attached hydrogen (secondary N) is 2. The topological polar surface area (TPSA) is 64.7 Å². The average Bonchev–Trinajstić information content (AvgIpc) is 2.73. The van der Waals surface area contributed by atoms with Crippen LogP contribution in [0.2, 0.25) is 0 Å². The number of benzene rings is 2. The molecule has 1 aliphatic rings. The fourth-order valence-electron chi connectivity index (χ4n) is 3.23. The maximum absolute atomic E-state index is 12.5. The molecule has 164 valence electrons. The Labute approximate surface area is 183 Å². The Morgan fingerprint density at radius 2 is 1.65 bits per heavy atom. The molecule has 1 saturated heterocycles. The Morgan fingerprint density at radius 1 is 1.00 bits per heavy atom. The fourth-order valence-corrected chi connectivity index (χ4v) is 3.44. The van der Waals surface area contributed by atoms with Gasteiger partial charge >= 0.3 is 12.1 Å². The van der Waals surface area contributed by atoms with Gasteiger partial charge in [0.05, 0.1) is 0 Å². The van der Waals surface area contributed by atoms with E-state index in [1.54, 1.807) is 42.5 Å². The lowest BCUT2D eigenvalue weighted by Crippen LogP contribution is -2.52. The molecule has 0 atom stereocenters. The van der Waals surface area contributed by atoms with Crippen molar-refractivity contribution in [2.45, 2.75) is 13.1 Å². The largest absolute Gasteiger partial charge is 0.471 e. The van der Waals surface area contributed by atoms with E-state index in [9.17, 15) is 22.8 Å². The molecule has 0 bridgehead atoms. The maximum Gasteiger partial charge on any atom is 0.471 e. The van der Waals surface area contributed by atoms with Crippen molar-refractivity contribution >= 4 is 40.5 Å². The maximum atomic E-state index is 12.5. The van der Waals surface area contributed by atoms with Gasteiger partial charge in [0.15, 0.2) is 5.11 Å². The van der Waals surface area contributed by atoms with Gasteiger partial charge in [-0.2, -0.15) is 13.2 Å². The Balaban J connectivity index is 1.52. The number of thiocarbonyl (C=S) groups is 1. The molecular formula is C21H21F3N4O2S. The highest BCUT2D eigenvalue weighted by molar-refractivity contribution is 7.80. The van der Waals surface area contributed by atoms with Gasteiger partial charge in [0.1, 0.15) is 0 Å². The number of rotatable bonds is 3. The molecule has 1 aliphatic heterocycles. The molecule has 2 aromatic carbocycles. The van der Waals surface area contributed by atoms with Crippen LogP contribution in [0.15, 0.2) is 48.5 Å².